The number of piperazine rings is 1. The van der Waals surface area contributed by atoms with E-state index in [0.717, 1.165) is 25.2 Å². The highest BCUT2D eigenvalue weighted by Gasteiger charge is 2.33. The van der Waals surface area contributed by atoms with E-state index in [2.05, 4.69) is 10.2 Å². The normalized spacial score (nSPS) is 19.0. The van der Waals surface area contributed by atoms with Crippen molar-refractivity contribution in [3.63, 3.8) is 0 Å². The fourth-order valence-corrected chi connectivity index (χ4v) is 3.65. The molecule has 11 heteroatoms. The number of rotatable bonds is 5. The van der Waals surface area contributed by atoms with Crippen LogP contribution in [0.1, 0.15) is 5.56 Å². The van der Waals surface area contributed by atoms with Crippen LogP contribution in [0.2, 0.25) is 5.02 Å². The Kier molecular flexibility index (Phi) is 7.56. The van der Waals surface area contributed by atoms with Crippen LogP contribution < -0.4 is 5.32 Å². The molecule has 3 rings (SSSR count). The minimum Gasteiger partial charge on any atom is -0.379 e. The number of carbonyl (C=O) groups is 2. The maximum atomic E-state index is 12.9. The first-order chi connectivity index (χ1) is 14.2. The van der Waals surface area contributed by atoms with E-state index < -0.39 is 22.7 Å². The van der Waals surface area contributed by atoms with Crippen LogP contribution in [0.15, 0.2) is 18.2 Å². The van der Waals surface area contributed by atoms with E-state index in [1.807, 2.05) is 4.90 Å². The second-order valence-electron chi connectivity index (χ2n) is 7.29. The van der Waals surface area contributed by atoms with Crippen molar-refractivity contribution in [2.24, 2.45) is 0 Å². The number of benzene rings is 1. The van der Waals surface area contributed by atoms with Crippen LogP contribution in [-0.2, 0) is 20.5 Å². The van der Waals surface area contributed by atoms with Gasteiger partial charge in [-0.25, -0.2) is 0 Å². The monoisotopic (exact) mass is 448 g/mol. The van der Waals surface area contributed by atoms with Crippen LogP contribution in [0.25, 0.3) is 0 Å². The van der Waals surface area contributed by atoms with Gasteiger partial charge in [0.15, 0.2) is 0 Å². The lowest BCUT2D eigenvalue weighted by Gasteiger charge is -2.36. The summed E-state index contributed by atoms with van der Waals surface area (Å²) in [5.74, 6) is -0.361. The maximum absolute atomic E-state index is 12.9. The molecule has 1 aromatic carbocycles. The molecule has 2 aliphatic rings. The Hall–Kier alpha value is -1.88. The van der Waals surface area contributed by atoms with Gasteiger partial charge in [-0.3, -0.25) is 19.4 Å². The zero-order valence-corrected chi connectivity index (χ0v) is 17.1. The second-order valence-corrected chi connectivity index (χ2v) is 7.69. The fourth-order valence-electron chi connectivity index (χ4n) is 3.43. The summed E-state index contributed by atoms with van der Waals surface area (Å²) in [6.45, 7) is 5.22. The number of hydrogen-bond acceptors (Lipinski definition) is 5. The molecule has 2 fully saturated rings. The third kappa shape index (κ3) is 6.31. The molecule has 2 amide bonds. The number of ether oxygens (including phenoxy) is 1. The molecule has 7 nitrogen and oxygen atoms in total. The summed E-state index contributed by atoms with van der Waals surface area (Å²) in [7, 11) is 0. The molecule has 0 spiro atoms. The average Bonchev–Trinajstić information content (AvgIpc) is 2.70. The van der Waals surface area contributed by atoms with Gasteiger partial charge in [-0.1, -0.05) is 11.6 Å². The highest BCUT2D eigenvalue weighted by Crippen LogP contribution is 2.36. The fraction of sp³-hybridized carbons (Fsp3) is 0.579. The molecule has 2 saturated heterocycles. The number of nitrogens with one attached hydrogen (secondary N) is 1. The van der Waals surface area contributed by atoms with Crippen molar-refractivity contribution in [2.75, 3.05) is 70.9 Å². The standard InChI is InChI=1S/C19H24ClF3N4O3/c20-16-2-1-14(11-15(16)19(21,22)23)24-17(28)12-25-3-5-27(6-4-25)18(29)13-26-7-9-30-10-8-26/h1-2,11H,3-10,12-13H2,(H,24,28). The van der Waals surface area contributed by atoms with Crippen molar-refractivity contribution < 1.29 is 27.5 Å². The number of alkyl halides is 3. The minimum atomic E-state index is -4.60. The van der Waals surface area contributed by atoms with Gasteiger partial charge in [-0.15, -0.1) is 0 Å². The lowest BCUT2D eigenvalue weighted by molar-refractivity contribution is -0.137. The highest BCUT2D eigenvalue weighted by molar-refractivity contribution is 6.31. The topological polar surface area (TPSA) is 65.1 Å². The van der Waals surface area contributed by atoms with E-state index in [-0.39, 0.29) is 18.1 Å². The number of amides is 2. The third-order valence-corrected chi connectivity index (χ3v) is 5.44. The highest BCUT2D eigenvalue weighted by atomic mass is 35.5. The summed E-state index contributed by atoms with van der Waals surface area (Å²) < 4.78 is 44.1. The smallest absolute Gasteiger partial charge is 0.379 e. The van der Waals surface area contributed by atoms with E-state index >= 15 is 0 Å². The zero-order chi connectivity index (χ0) is 21.7. The zero-order valence-electron chi connectivity index (χ0n) is 16.4. The molecule has 166 valence electrons. The summed E-state index contributed by atoms with van der Waals surface area (Å²) >= 11 is 5.59. The number of halogens is 4. The van der Waals surface area contributed by atoms with Crippen LogP contribution in [0.4, 0.5) is 18.9 Å². The molecule has 1 aromatic rings. The van der Waals surface area contributed by atoms with Gasteiger partial charge in [0.25, 0.3) is 0 Å². The van der Waals surface area contributed by atoms with E-state index in [4.69, 9.17) is 16.3 Å². The van der Waals surface area contributed by atoms with Crippen molar-refractivity contribution >= 4 is 29.1 Å². The van der Waals surface area contributed by atoms with Crippen LogP contribution >= 0.6 is 11.6 Å². The van der Waals surface area contributed by atoms with Crippen LogP contribution in [-0.4, -0.2) is 92.1 Å². The number of carbonyl (C=O) groups excluding carboxylic acids is 2. The Balaban J connectivity index is 1.44. The van der Waals surface area contributed by atoms with Crippen LogP contribution in [0.3, 0.4) is 0 Å². The lowest BCUT2D eigenvalue weighted by atomic mass is 10.2. The van der Waals surface area contributed by atoms with Gasteiger partial charge in [0.1, 0.15) is 0 Å². The maximum Gasteiger partial charge on any atom is 0.417 e. The number of hydrogen-bond donors (Lipinski definition) is 1. The van der Waals surface area contributed by atoms with Gasteiger partial charge in [0.05, 0.1) is 36.9 Å². The molecule has 0 saturated carbocycles. The molecule has 0 radical (unpaired) electrons. The molecule has 2 aliphatic heterocycles. The van der Waals surface area contributed by atoms with Gasteiger partial charge in [-0.05, 0) is 18.2 Å². The van der Waals surface area contributed by atoms with Gasteiger partial charge in [0.2, 0.25) is 11.8 Å². The average molecular weight is 449 g/mol. The van der Waals surface area contributed by atoms with E-state index in [9.17, 15) is 22.8 Å². The molecule has 30 heavy (non-hydrogen) atoms. The van der Waals surface area contributed by atoms with Gasteiger partial charge in [0, 0.05) is 45.0 Å². The molecular weight excluding hydrogens is 425 g/mol. The quantitative estimate of drug-likeness (QED) is 0.744. The van der Waals surface area contributed by atoms with Crippen LogP contribution in [0, 0.1) is 0 Å². The summed E-state index contributed by atoms with van der Waals surface area (Å²) in [5.41, 5.74) is -0.953. The number of morpholine rings is 1. The third-order valence-electron chi connectivity index (χ3n) is 5.11. The Labute approximate surface area is 177 Å². The van der Waals surface area contributed by atoms with Crippen LogP contribution in [0.5, 0.6) is 0 Å². The molecule has 0 unspecified atom stereocenters. The Morgan fingerprint density at radius 3 is 2.27 bits per heavy atom. The molecule has 1 N–H and O–H groups in total. The molecular formula is C19H24ClF3N4O3. The Bertz CT molecular complexity index is 764. The van der Waals surface area contributed by atoms with Crippen molar-refractivity contribution in [1.29, 1.82) is 0 Å². The molecule has 0 aromatic heterocycles. The van der Waals surface area contributed by atoms with E-state index in [1.54, 1.807) is 4.90 Å². The Morgan fingerprint density at radius 2 is 1.63 bits per heavy atom. The largest absolute Gasteiger partial charge is 0.417 e. The van der Waals surface area contributed by atoms with Gasteiger partial charge >= 0.3 is 6.18 Å². The predicted octanol–water partition coefficient (Wildman–Crippen LogP) is 1.77. The first kappa shape index (κ1) is 22.8. The summed E-state index contributed by atoms with van der Waals surface area (Å²) in [5, 5.41) is 2.06. The number of nitrogens with zero attached hydrogens (tertiary/aromatic N) is 3. The summed E-state index contributed by atoms with van der Waals surface area (Å²) in [4.78, 5) is 30.4. The first-order valence-corrected chi connectivity index (χ1v) is 10.1. The Morgan fingerprint density at radius 1 is 1.00 bits per heavy atom. The number of anilines is 1. The van der Waals surface area contributed by atoms with Crippen molar-refractivity contribution in [3.8, 4) is 0 Å². The van der Waals surface area contributed by atoms with Gasteiger partial charge in [-0.2, -0.15) is 13.2 Å². The lowest BCUT2D eigenvalue weighted by Crippen LogP contribution is -2.53. The van der Waals surface area contributed by atoms with Crippen molar-refractivity contribution in [1.82, 2.24) is 14.7 Å². The molecule has 0 atom stereocenters. The predicted molar refractivity (Wildman–Crippen MR) is 105 cm³/mol. The van der Waals surface area contributed by atoms with Gasteiger partial charge < -0.3 is 15.0 Å². The first-order valence-electron chi connectivity index (χ1n) is 9.69. The second kappa shape index (κ2) is 9.95. The molecule has 2 heterocycles. The van der Waals surface area contributed by atoms with E-state index in [1.165, 1.54) is 6.07 Å². The SMILES string of the molecule is O=C(CN1CCN(C(=O)CN2CCOCC2)CC1)Nc1ccc(Cl)c(C(F)(F)F)c1. The molecule has 0 bridgehead atoms. The van der Waals surface area contributed by atoms with E-state index in [0.29, 0.717) is 45.9 Å². The molecule has 0 aliphatic carbocycles. The summed E-state index contributed by atoms with van der Waals surface area (Å²) in [6.07, 6.45) is -4.60. The van der Waals surface area contributed by atoms with Crippen molar-refractivity contribution in [3.05, 3.63) is 28.8 Å². The summed E-state index contributed by atoms with van der Waals surface area (Å²) in [6, 6.07) is 3.26. The minimum absolute atomic E-state index is 0.0372. The van der Waals surface area contributed by atoms with Crippen molar-refractivity contribution in [2.45, 2.75) is 6.18 Å².